The number of hydrogen-bond donors (Lipinski definition) is 8. The first-order valence-corrected chi connectivity index (χ1v) is 13.8. The first-order chi connectivity index (χ1) is 20.7. The van der Waals surface area contributed by atoms with E-state index in [9.17, 15) is 45.3 Å². The number of carbonyl (C=O) groups excluding carboxylic acids is 2. The molecule has 8 N–H and O–H groups in total. The van der Waals surface area contributed by atoms with Crippen molar-refractivity contribution in [1.82, 2.24) is 14.5 Å². The summed E-state index contributed by atoms with van der Waals surface area (Å²) < 4.78 is 7.56. The summed E-state index contributed by atoms with van der Waals surface area (Å²) in [6.07, 6.45) is -7.51. The number of H-pyrrole nitrogens is 1. The molecule has 2 aromatic heterocycles. The molecule has 13 heteroatoms. The van der Waals surface area contributed by atoms with Crippen LogP contribution in [0.15, 0.2) is 48.5 Å². The Morgan fingerprint density at radius 1 is 0.767 bits per heavy atom. The lowest BCUT2D eigenvalue weighted by atomic mass is 9.96. The van der Waals surface area contributed by atoms with Gasteiger partial charge in [0.15, 0.2) is 6.23 Å². The maximum absolute atomic E-state index is 14.3. The Hall–Kier alpha value is -3.92. The van der Waals surface area contributed by atoms with Crippen molar-refractivity contribution in [1.29, 1.82) is 0 Å². The average molecular weight is 592 g/mol. The van der Waals surface area contributed by atoms with Crippen molar-refractivity contribution in [2.24, 2.45) is 0 Å². The molecule has 13 nitrogen and oxygen atoms in total. The van der Waals surface area contributed by atoms with Crippen molar-refractivity contribution < 1.29 is 50.1 Å². The molecule has 5 aromatic rings. The van der Waals surface area contributed by atoms with Crippen LogP contribution < -0.4 is 0 Å². The van der Waals surface area contributed by atoms with Crippen LogP contribution in [-0.2, 0) is 4.74 Å². The number of nitrogens with one attached hydrogen (secondary N) is 1. The van der Waals surface area contributed by atoms with E-state index in [1.165, 1.54) is 0 Å². The molecule has 0 saturated carbocycles. The van der Waals surface area contributed by atoms with Crippen molar-refractivity contribution in [3.63, 3.8) is 0 Å². The van der Waals surface area contributed by atoms with E-state index >= 15 is 0 Å². The Morgan fingerprint density at radius 3 is 2.02 bits per heavy atom. The van der Waals surface area contributed by atoms with E-state index in [2.05, 4.69) is 4.98 Å². The summed E-state index contributed by atoms with van der Waals surface area (Å²) in [5.74, 6) is -1.65. The zero-order chi connectivity index (χ0) is 30.4. The zero-order valence-electron chi connectivity index (χ0n) is 22.6. The third-order valence-electron chi connectivity index (χ3n) is 8.92. The van der Waals surface area contributed by atoms with E-state index < -0.39 is 74.4 Å². The molecule has 0 spiro atoms. The number of benzene rings is 3. The molecule has 5 atom stereocenters. The minimum absolute atomic E-state index is 0.0152. The molecule has 0 radical (unpaired) electrons. The highest BCUT2D eigenvalue weighted by atomic mass is 16.6. The number of nitrogens with zero attached hydrogens (tertiary/aromatic N) is 2. The standard InChI is InChI=1S/C30H29N3O10/c34-9-17-24(38)25(39)26(40)29(43-17)32-16-8-4-2-6-14(16)19-21-20(27(41)33(28(21)42)30(10-35,11-36)12-37)18-13-5-1-3-7-15(13)31-22(18)23(19)32/h1-8,17,24-26,29,31,34-40H,9-12H2/t17-,24-,25+,26-,29-/m1/s1. The Morgan fingerprint density at radius 2 is 1.37 bits per heavy atom. The summed E-state index contributed by atoms with van der Waals surface area (Å²) in [6.45, 7) is -3.32. The number of aliphatic hydroxyl groups excluding tert-OH is 7. The molecular weight excluding hydrogens is 562 g/mol. The van der Waals surface area contributed by atoms with E-state index in [1.54, 1.807) is 53.1 Å². The van der Waals surface area contributed by atoms with Crippen LogP contribution in [0.5, 0.6) is 0 Å². The van der Waals surface area contributed by atoms with Gasteiger partial charge in [-0.25, -0.2) is 0 Å². The molecule has 3 aromatic carbocycles. The van der Waals surface area contributed by atoms with Gasteiger partial charge in [0.1, 0.15) is 30.0 Å². The van der Waals surface area contributed by atoms with E-state index in [1.807, 2.05) is 0 Å². The quantitative estimate of drug-likeness (QED) is 0.121. The lowest BCUT2D eigenvalue weighted by molar-refractivity contribution is -0.249. The van der Waals surface area contributed by atoms with Crippen molar-refractivity contribution in [3.8, 4) is 0 Å². The Kier molecular flexibility index (Phi) is 6.36. The molecule has 43 heavy (non-hydrogen) atoms. The van der Waals surface area contributed by atoms with Gasteiger partial charge in [0.2, 0.25) is 0 Å². The van der Waals surface area contributed by atoms with Gasteiger partial charge < -0.3 is 50.0 Å². The number of amides is 2. The summed E-state index contributed by atoms with van der Waals surface area (Å²) in [6, 6.07) is 14.0. The van der Waals surface area contributed by atoms with Gasteiger partial charge in [0.05, 0.1) is 54.1 Å². The molecule has 1 saturated heterocycles. The van der Waals surface area contributed by atoms with Crippen LogP contribution in [0.4, 0.5) is 0 Å². The SMILES string of the molecule is O=C1c2c(c3c4ccccc4n([C@@H]4O[C@H](CO)[C@@H](O)[C@H](O)[C@H]4O)c3c3[nH]c4ccccc4c23)C(=O)N1C(CO)(CO)CO. The molecule has 0 bridgehead atoms. The van der Waals surface area contributed by atoms with Crippen molar-refractivity contribution in [2.75, 3.05) is 26.4 Å². The zero-order valence-corrected chi connectivity index (χ0v) is 22.6. The molecule has 0 unspecified atom stereocenters. The molecule has 224 valence electrons. The molecule has 7 rings (SSSR count). The monoisotopic (exact) mass is 591 g/mol. The van der Waals surface area contributed by atoms with Gasteiger partial charge in [-0.05, 0) is 12.1 Å². The first kappa shape index (κ1) is 27.9. The van der Waals surface area contributed by atoms with Gasteiger partial charge in [0.25, 0.3) is 11.8 Å². The van der Waals surface area contributed by atoms with E-state index in [0.29, 0.717) is 48.5 Å². The van der Waals surface area contributed by atoms with Crippen LogP contribution in [0.25, 0.3) is 43.6 Å². The third kappa shape index (κ3) is 3.50. The largest absolute Gasteiger partial charge is 0.394 e. The number of carbonyl (C=O) groups is 2. The van der Waals surface area contributed by atoms with Crippen molar-refractivity contribution >= 4 is 55.4 Å². The first-order valence-electron chi connectivity index (χ1n) is 13.8. The van der Waals surface area contributed by atoms with Gasteiger partial charge in [-0.2, -0.15) is 0 Å². The van der Waals surface area contributed by atoms with Crippen LogP contribution in [0.1, 0.15) is 26.9 Å². The maximum Gasteiger partial charge on any atom is 0.263 e. The fraction of sp³-hybridized carbons (Fsp3) is 0.333. The van der Waals surface area contributed by atoms with Crippen LogP contribution in [0, 0.1) is 0 Å². The molecule has 0 aliphatic carbocycles. The number of ether oxygens (including phenoxy) is 1. The normalized spacial score (nSPS) is 24.7. The second-order valence-electron chi connectivity index (χ2n) is 11.1. The van der Waals surface area contributed by atoms with E-state index in [-0.39, 0.29) is 11.1 Å². The number of hydrogen-bond acceptors (Lipinski definition) is 10. The maximum atomic E-state index is 14.3. The highest BCUT2D eigenvalue weighted by Crippen LogP contribution is 2.48. The average Bonchev–Trinajstić information content (AvgIpc) is 3.66. The fourth-order valence-corrected chi connectivity index (χ4v) is 6.69. The Balaban J connectivity index is 1.67. The predicted molar refractivity (Wildman–Crippen MR) is 152 cm³/mol. The van der Waals surface area contributed by atoms with E-state index in [0.717, 1.165) is 0 Å². The summed E-state index contributed by atoms with van der Waals surface area (Å²) in [7, 11) is 0. The number of aromatic nitrogens is 2. The number of aromatic amines is 1. The van der Waals surface area contributed by atoms with E-state index in [4.69, 9.17) is 4.74 Å². The second kappa shape index (κ2) is 9.80. The molecule has 1 fully saturated rings. The minimum atomic E-state index is -1.99. The highest BCUT2D eigenvalue weighted by Gasteiger charge is 2.52. The number of aliphatic hydroxyl groups is 7. The van der Waals surface area contributed by atoms with Crippen LogP contribution in [-0.4, -0.2) is 118 Å². The van der Waals surface area contributed by atoms with Crippen LogP contribution >= 0.6 is 0 Å². The van der Waals surface area contributed by atoms with Crippen molar-refractivity contribution in [3.05, 3.63) is 59.7 Å². The number of para-hydroxylation sites is 2. The Labute approximate surface area is 242 Å². The number of rotatable bonds is 6. The Bertz CT molecular complexity index is 1930. The molecule has 2 aliphatic rings. The molecule has 4 heterocycles. The topological polar surface area (TPSA) is 209 Å². The second-order valence-corrected chi connectivity index (χ2v) is 11.1. The summed E-state index contributed by atoms with van der Waals surface area (Å²) >= 11 is 0. The highest BCUT2D eigenvalue weighted by molar-refractivity contribution is 6.39. The van der Waals surface area contributed by atoms with Crippen LogP contribution in [0.2, 0.25) is 0 Å². The molecular formula is C30H29N3O10. The summed E-state index contributed by atoms with van der Waals surface area (Å²) in [5.41, 5.74) is -0.207. The third-order valence-corrected chi connectivity index (χ3v) is 8.92. The van der Waals surface area contributed by atoms with Gasteiger partial charge in [-0.1, -0.05) is 36.4 Å². The fourth-order valence-electron chi connectivity index (χ4n) is 6.69. The van der Waals surface area contributed by atoms with Crippen LogP contribution in [0.3, 0.4) is 0 Å². The van der Waals surface area contributed by atoms with Gasteiger partial charge in [0, 0.05) is 27.1 Å². The number of fused-ring (bicyclic) bond motifs is 10. The van der Waals surface area contributed by atoms with Gasteiger partial charge in [-0.15, -0.1) is 0 Å². The lowest BCUT2D eigenvalue weighted by Gasteiger charge is -2.41. The van der Waals surface area contributed by atoms with Crippen molar-refractivity contribution in [2.45, 2.75) is 36.2 Å². The summed E-state index contributed by atoms with van der Waals surface area (Å²) in [5, 5.41) is 74.6. The summed E-state index contributed by atoms with van der Waals surface area (Å²) in [4.78, 5) is 32.5. The number of imide groups is 1. The predicted octanol–water partition coefficient (Wildman–Crippen LogP) is -0.287. The lowest BCUT2D eigenvalue weighted by Crippen LogP contribution is -2.59. The molecule has 2 amide bonds. The van der Waals surface area contributed by atoms with Gasteiger partial charge >= 0.3 is 0 Å². The smallest absolute Gasteiger partial charge is 0.263 e. The van der Waals surface area contributed by atoms with Gasteiger partial charge in [-0.3, -0.25) is 14.5 Å². The minimum Gasteiger partial charge on any atom is -0.394 e. The molecule has 2 aliphatic heterocycles.